The normalized spacial score (nSPS) is 13.9. The number of ether oxygens (including phenoxy) is 1. The van der Waals surface area contributed by atoms with Gasteiger partial charge in [-0.05, 0) is 6.92 Å². The molecule has 2 N–H and O–H groups in total. The van der Waals surface area contributed by atoms with E-state index in [9.17, 15) is 0 Å². The zero-order valence-corrected chi connectivity index (χ0v) is 8.42. The van der Waals surface area contributed by atoms with Gasteiger partial charge in [0.05, 0.1) is 18.4 Å². The van der Waals surface area contributed by atoms with E-state index in [1.807, 2.05) is 6.92 Å². The Labute approximate surface area is 82.9 Å². The lowest BCUT2D eigenvalue weighted by molar-refractivity contribution is 0.392. The minimum atomic E-state index is 0.645. The number of hydrogen-bond acceptors (Lipinski definition) is 5. The van der Waals surface area contributed by atoms with Crippen LogP contribution in [0.4, 0.5) is 5.95 Å². The topological polar surface area (TPSA) is 59.1 Å². The molecular weight excluding hydrogens is 180 g/mol. The number of rotatable bonds is 3. The van der Waals surface area contributed by atoms with Gasteiger partial charge in [-0.25, -0.2) is 4.98 Å². The minimum Gasteiger partial charge on any atom is -0.481 e. The Morgan fingerprint density at radius 3 is 3.00 bits per heavy atom. The lowest BCUT2D eigenvalue weighted by Gasteiger charge is -2.08. The average Bonchev–Trinajstić information content (AvgIpc) is 2.65. The predicted molar refractivity (Wildman–Crippen MR) is 53.3 cm³/mol. The monoisotopic (exact) mass is 194 g/mol. The molecule has 1 aromatic rings. The van der Waals surface area contributed by atoms with Crippen LogP contribution in [0.1, 0.15) is 18.2 Å². The maximum absolute atomic E-state index is 5.21. The van der Waals surface area contributed by atoms with E-state index in [0.29, 0.717) is 11.8 Å². The quantitative estimate of drug-likeness (QED) is 0.734. The Morgan fingerprint density at radius 2 is 2.29 bits per heavy atom. The number of nitrogens with one attached hydrogen (secondary N) is 2. The van der Waals surface area contributed by atoms with E-state index in [-0.39, 0.29) is 0 Å². The molecule has 1 aliphatic rings. The molecule has 5 nitrogen and oxygen atoms in total. The molecule has 0 fully saturated rings. The molecule has 0 amide bonds. The summed E-state index contributed by atoms with van der Waals surface area (Å²) in [6, 6.07) is 0. The number of nitrogens with zero attached hydrogens (tertiary/aromatic N) is 2. The molecule has 0 bridgehead atoms. The number of hydrogen-bond donors (Lipinski definition) is 2. The van der Waals surface area contributed by atoms with Crippen molar-refractivity contribution in [1.82, 2.24) is 15.3 Å². The highest BCUT2D eigenvalue weighted by molar-refractivity contribution is 5.40. The molecule has 0 saturated heterocycles. The largest absolute Gasteiger partial charge is 0.481 e. The Kier molecular flexibility index (Phi) is 2.49. The fourth-order valence-corrected chi connectivity index (χ4v) is 1.54. The smallest absolute Gasteiger partial charge is 0.226 e. The first-order valence-corrected chi connectivity index (χ1v) is 4.73. The van der Waals surface area contributed by atoms with Crippen molar-refractivity contribution in [3.8, 4) is 5.88 Å². The summed E-state index contributed by atoms with van der Waals surface area (Å²) in [6.07, 6.45) is 0. The molecule has 14 heavy (non-hydrogen) atoms. The summed E-state index contributed by atoms with van der Waals surface area (Å²) in [5, 5.41) is 6.30. The molecular formula is C9H14N4O. The highest BCUT2D eigenvalue weighted by atomic mass is 16.5. The van der Waals surface area contributed by atoms with Gasteiger partial charge in [0.2, 0.25) is 11.8 Å². The van der Waals surface area contributed by atoms with Crippen LogP contribution < -0.4 is 15.4 Å². The first-order chi connectivity index (χ1) is 6.85. The second kappa shape index (κ2) is 3.79. The van der Waals surface area contributed by atoms with Crippen molar-refractivity contribution in [3.63, 3.8) is 0 Å². The second-order valence-corrected chi connectivity index (χ2v) is 3.12. The highest BCUT2D eigenvalue weighted by Crippen LogP contribution is 2.24. The predicted octanol–water partition coefficient (Wildman–Crippen LogP) is 0.520. The van der Waals surface area contributed by atoms with Gasteiger partial charge < -0.3 is 15.4 Å². The third kappa shape index (κ3) is 1.50. The molecule has 1 aromatic heterocycles. The van der Waals surface area contributed by atoms with Crippen molar-refractivity contribution < 1.29 is 4.74 Å². The molecule has 2 rings (SSSR count). The number of anilines is 1. The molecule has 0 spiro atoms. The maximum atomic E-state index is 5.21. The summed E-state index contributed by atoms with van der Waals surface area (Å²) in [6.45, 7) is 4.42. The fourth-order valence-electron chi connectivity index (χ4n) is 1.54. The second-order valence-electron chi connectivity index (χ2n) is 3.12. The molecule has 76 valence electrons. The zero-order chi connectivity index (χ0) is 9.97. The van der Waals surface area contributed by atoms with Gasteiger partial charge in [-0.1, -0.05) is 0 Å². The van der Waals surface area contributed by atoms with Crippen LogP contribution in [0.15, 0.2) is 0 Å². The van der Waals surface area contributed by atoms with E-state index < -0.39 is 0 Å². The van der Waals surface area contributed by atoms with Crippen LogP contribution in [-0.4, -0.2) is 23.6 Å². The van der Waals surface area contributed by atoms with E-state index in [1.54, 1.807) is 7.11 Å². The van der Waals surface area contributed by atoms with E-state index >= 15 is 0 Å². The number of fused-ring (bicyclic) bond motifs is 1. The van der Waals surface area contributed by atoms with Gasteiger partial charge in [0.25, 0.3) is 0 Å². The molecule has 2 heterocycles. The Morgan fingerprint density at radius 1 is 1.43 bits per heavy atom. The van der Waals surface area contributed by atoms with Gasteiger partial charge >= 0.3 is 0 Å². The third-order valence-electron chi connectivity index (χ3n) is 2.18. The molecule has 0 radical (unpaired) electrons. The van der Waals surface area contributed by atoms with Crippen LogP contribution in [0.25, 0.3) is 0 Å². The Hall–Kier alpha value is -1.36. The van der Waals surface area contributed by atoms with Crippen LogP contribution >= 0.6 is 0 Å². The molecule has 0 saturated carbocycles. The standard InChI is InChI=1S/C9H14N4O/c1-3-11-9-12-7-5-10-4-6(7)8(13-9)14-2/h10H,3-5H2,1-2H3,(H,11,12,13). The summed E-state index contributed by atoms with van der Waals surface area (Å²) in [4.78, 5) is 8.66. The lowest BCUT2D eigenvalue weighted by atomic mass is 10.2. The number of aromatic nitrogens is 2. The van der Waals surface area contributed by atoms with E-state index in [2.05, 4.69) is 20.6 Å². The SMILES string of the molecule is CCNc1nc2c(c(OC)n1)CNC2. The average molecular weight is 194 g/mol. The van der Waals surface area contributed by atoms with Crippen molar-refractivity contribution in [3.05, 3.63) is 11.3 Å². The van der Waals surface area contributed by atoms with Crippen LogP contribution in [0.3, 0.4) is 0 Å². The van der Waals surface area contributed by atoms with Gasteiger partial charge in [0, 0.05) is 19.6 Å². The van der Waals surface area contributed by atoms with Gasteiger partial charge in [0.1, 0.15) is 0 Å². The first kappa shape index (κ1) is 9.21. The molecule has 0 atom stereocenters. The van der Waals surface area contributed by atoms with Gasteiger partial charge in [-0.2, -0.15) is 4.98 Å². The van der Waals surface area contributed by atoms with Crippen LogP contribution in [0, 0.1) is 0 Å². The molecule has 1 aliphatic heterocycles. The van der Waals surface area contributed by atoms with Crippen molar-refractivity contribution in [1.29, 1.82) is 0 Å². The van der Waals surface area contributed by atoms with Crippen molar-refractivity contribution in [2.24, 2.45) is 0 Å². The van der Waals surface area contributed by atoms with E-state index in [1.165, 1.54) is 0 Å². The number of methoxy groups -OCH3 is 1. The Bertz CT molecular complexity index is 340. The van der Waals surface area contributed by atoms with Gasteiger partial charge in [-0.15, -0.1) is 0 Å². The lowest BCUT2D eigenvalue weighted by Crippen LogP contribution is -2.06. The van der Waals surface area contributed by atoms with Crippen molar-refractivity contribution in [2.45, 2.75) is 20.0 Å². The zero-order valence-electron chi connectivity index (χ0n) is 8.42. The maximum Gasteiger partial charge on any atom is 0.226 e. The molecule has 0 aromatic carbocycles. The molecule has 0 aliphatic carbocycles. The van der Waals surface area contributed by atoms with Gasteiger partial charge in [-0.3, -0.25) is 0 Å². The first-order valence-electron chi connectivity index (χ1n) is 4.73. The summed E-state index contributed by atoms with van der Waals surface area (Å²) >= 11 is 0. The minimum absolute atomic E-state index is 0.645. The highest BCUT2D eigenvalue weighted by Gasteiger charge is 2.19. The van der Waals surface area contributed by atoms with E-state index in [4.69, 9.17) is 4.74 Å². The van der Waals surface area contributed by atoms with Crippen molar-refractivity contribution >= 4 is 5.95 Å². The summed E-state index contributed by atoms with van der Waals surface area (Å²) in [7, 11) is 1.64. The van der Waals surface area contributed by atoms with Crippen LogP contribution in [-0.2, 0) is 13.1 Å². The van der Waals surface area contributed by atoms with Gasteiger partial charge in [0.15, 0.2) is 0 Å². The molecule has 5 heteroatoms. The fraction of sp³-hybridized carbons (Fsp3) is 0.556. The summed E-state index contributed by atoms with van der Waals surface area (Å²) in [5.74, 6) is 1.32. The van der Waals surface area contributed by atoms with Crippen LogP contribution in [0.2, 0.25) is 0 Å². The Balaban J connectivity index is 2.39. The summed E-state index contributed by atoms with van der Waals surface area (Å²) < 4.78 is 5.21. The molecule has 0 unspecified atom stereocenters. The van der Waals surface area contributed by atoms with E-state index in [0.717, 1.165) is 30.9 Å². The third-order valence-corrected chi connectivity index (χ3v) is 2.18. The van der Waals surface area contributed by atoms with Crippen molar-refractivity contribution in [2.75, 3.05) is 19.0 Å². The summed E-state index contributed by atoms with van der Waals surface area (Å²) in [5.41, 5.74) is 2.11. The van der Waals surface area contributed by atoms with Crippen LogP contribution in [0.5, 0.6) is 5.88 Å².